The van der Waals surface area contributed by atoms with E-state index in [1.165, 1.54) is 19.2 Å². The van der Waals surface area contributed by atoms with Crippen LogP contribution < -0.4 is 10.6 Å². The van der Waals surface area contributed by atoms with Crippen molar-refractivity contribution in [1.82, 2.24) is 15.2 Å². The summed E-state index contributed by atoms with van der Waals surface area (Å²) in [6.45, 7) is 3.58. The van der Waals surface area contributed by atoms with Crippen LogP contribution in [-0.4, -0.2) is 53.5 Å². The zero-order valence-corrected chi connectivity index (χ0v) is 18.0. The highest BCUT2D eigenvalue weighted by Crippen LogP contribution is 2.31. The van der Waals surface area contributed by atoms with Crippen molar-refractivity contribution >= 4 is 28.8 Å². The Morgan fingerprint density at radius 1 is 1.25 bits per heavy atom. The zero-order valence-electron chi connectivity index (χ0n) is 18.0. The Balaban J connectivity index is 1.41. The maximum atomic E-state index is 15.1. The van der Waals surface area contributed by atoms with Crippen LogP contribution in [0.25, 0.3) is 0 Å². The van der Waals surface area contributed by atoms with Crippen LogP contribution in [0.1, 0.15) is 41.4 Å². The summed E-state index contributed by atoms with van der Waals surface area (Å²) in [7, 11) is 1.46. The first-order valence-corrected chi connectivity index (χ1v) is 10.7. The van der Waals surface area contributed by atoms with Crippen LogP contribution in [0.3, 0.4) is 0 Å². The summed E-state index contributed by atoms with van der Waals surface area (Å²) in [4.78, 5) is 33.8. The Morgan fingerprint density at radius 3 is 2.78 bits per heavy atom. The van der Waals surface area contributed by atoms with Crippen molar-refractivity contribution < 1.29 is 18.4 Å². The summed E-state index contributed by atoms with van der Waals surface area (Å²) in [5.41, 5.74) is 2.15. The predicted molar refractivity (Wildman–Crippen MR) is 117 cm³/mol. The van der Waals surface area contributed by atoms with Crippen LogP contribution >= 0.6 is 0 Å². The van der Waals surface area contributed by atoms with Gasteiger partial charge in [-0.3, -0.25) is 14.5 Å². The third kappa shape index (κ3) is 4.38. The number of carbonyl (C=O) groups excluding carboxylic acids is 2. The van der Waals surface area contributed by atoms with Gasteiger partial charge in [0.05, 0.1) is 17.1 Å². The van der Waals surface area contributed by atoms with Gasteiger partial charge in [-0.25, -0.2) is 14.4 Å². The number of nitrogens with one attached hydrogen (secondary N) is 2. The Bertz CT molecular complexity index is 1100. The topological polar surface area (TPSA) is 86.7 Å². The second kappa shape index (κ2) is 9.12. The fraction of sp³-hybridized carbons (Fsp3) is 0.391. The Morgan fingerprint density at radius 2 is 2.06 bits per heavy atom. The molecule has 0 unspecified atom stereocenters. The number of fused-ring (bicyclic) bond motifs is 1. The summed E-state index contributed by atoms with van der Waals surface area (Å²) in [5, 5.41) is 5.53. The maximum absolute atomic E-state index is 15.1. The van der Waals surface area contributed by atoms with E-state index in [9.17, 15) is 14.0 Å². The van der Waals surface area contributed by atoms with Gasteiger partial charge < -0.3 is 10.6 Å². The van der Waals surface area contributed by atoms with E-state index in [1.807, 2.05) is 6.92 Å². The molecule has 1 fully saturated rings. The van der Waals surface area contributed by atoms with E-state index >= 15 is 4.39 Å². The number of pyridine rings is 1. The van der Waals surface area contributed by atoms with E-state index in [0.717, 1.165) is 13.0 Å². The Labute approximate surface area is 184 Å². The molecule has 3 heterocycles. The van der Waals surface area contributed by atoms with Gasteiger partial charge in [-0.2, -0.15) is 4.39 Å². The van der Waals surface area contributed by atoms with Crippen LogP contribution in [-0.2, 0) is 17.8 Å². The number of ketones is 1. The lowest BCUT2D eigenvalue weighted by Crippen LogP contribution is -2.27. The van der Waals surface area contributed by atoms with E-state index in [4.69, 9.17) is 0 Å². The first kappa shape index (κ1) is 22.0. The molecule has 2 aromatic rings. The highest BCUT2D eigenvalue weighted by Gasteiger charge is 2.27. The molecule has 9 heteroatoms. The first-order valence-electron chi connectivity index (χ1n) is 10.7. The summed E-state index contributed by atoms with van der Waals surface area (Å²) >= 11 is 0. The standard InChI is InChI=1S/C23H25F2N5O2/c1-3-16-20(31)10-15-17(28-16)5-4-13(21(15)24)11-30-9-8-14(12-30)27-18-6-7-19(23(32)26-2)29-22(18)25/h4-7,14,27H,3,8-12H2,1-2H3,(H,26,32)/t14-/m1/s1. The number of rotatable bonds is 6. The molecule has 2 aliphatic heterocycles. The minimum Gasteiger partial charge on any atom is -0.377 e. The number of amides is 1. The van der Waals surface area contributed by atoms with Crippen molar-refractivity contribution in [2.24, 2.45) is 4.99 Å². The molecular formula is C23H25F2N5O2. The lowest BCUT2D eigenvalue weighted by atomic mass is 9.96. The van der Waals surface area contributed by atoms with E-state index in [1.54, 1.807) is 12.1 Å². The van der Waals surface area contributed by atoms with Crippen LogP contribution in [0, 0.1) is 11.8 Å². The van der Waals surface area contributed by atoms with Gasteiger partial charge in [0.1, 0.15) is 11.5 Å². The van der Waals surface area contributed by atoms with E-state index in [-0.39, 0.29) is 35.4 Å². The molecule has 0 bridgehead atoms. The molecule has 0 radical (unpaired) electrons. The quantitative estimate of drug-likeness (QED) is 0.673. The monoisotopic (exact) mass is 441 g/mol. The number of halogens is 2. The molecule has 1 amide bonds. The summed E-state index contributed by atoms with van der Waals surface area (Å²) in [5.74, 6) is -1.68. The van der Waals surface area contributed by atoms with Gasteiger partial charge in [0.15, 0.2) is 5.78 Å². The number of Topliss-reactive ketones (excluding diaryl/α,β-unsaturated/α-hetero) is 1. The largest absolute Gasteiger partial charge is 0.377 e. The number of likely N-dealkylation sites (tertiary alicyclic amines) is 1. The fourth-order valence-corrected chi connectivity index (χ4v) is 4.15. The number of nitrogens with zero attached hydrogens (tertiary/aromatic N) is 3. The van der Waals surface area contributed by atoms with Crippen molar-refractivity contribution in [3.05, 3.63) is 52.9 Å². The number of anilines is 1. The van der Waals surface area contributed by atoms with E-state index in [2.05, 4.69) is 25.5 Å². The van der Waals surface area contributed by atoms with Crippen LogP contribution in [0.2, 0.25) is 0 Å². The molecule has 1 saturated heterocycles. The van der Waals surface area contributed by atoms with E-state index < -0.39 is 11.9 Å². The van der Waals surface area contributed by atoms with Crippen molar-refractivity contribution in [2.75, 3.05) is 25.5 Å². The maximum Gasteiger partial charge on any atom is 0.269 e. The molecule has 4 rings (SSSR count). The van der Waals surface area contributed by atoms with Crippen LogP contribution in [0.5, 0.6) is 0 Å². The molecule has 2 aliphatic rings. The molecule has 0 saturated carbocycles. The lowest BCUT2D eigenvalue weighted by Gasteiger charge is -2.20. The SMILES string of the molecule is CCC1=Nc2ccc(CN3CC[C@@H](Nc4ccc(C(=O)NC)nc4F)C3)c(F)c2CC1=O. The average Bonchev–Trinajstić information content (AvgIpc) is 3.23. The molecule has 0 spiro atoms. The molecule has 2 N–H and O–H groups in total. The number of hydrogen-bond donors (Lipinski definition) is 2. The molecule has 168 valence electrons. The van der Waals surface area contributed by atoms with Gasteiger partial charge in [-0.05, 0) is 31.0 Å². The summed E-state index contributed by atoms with van der Waals surface area (Å²) < 4.78 is 29.4. The number of benzene rings is 1. The lowest BCUT2D eigenvalue weighted by molar-refractivity contribution is -0.112. The highest BCUT2D eigenvalue weighted by atomic mass is 19.1. The third-order valence-electron chi connectivity index (χ3n) is 5.88. The fourth-order valence-electron chi connectivity index (χ4n) is 4.15. The zero-order chi connectivity index (χ0) is 22.8. The molecule has 32 heavy (non-hydrogen) atoms. The van der Waals surface area contributed by atoms with Gasteiger partial charge in [0.2, 0.25) is 5.95 Å². The normalized spacial score (nSPS) is 18.3. The summed E-state index contributed by atoms with van der Waals surface area (Å²) in [6, 6.07) is 6.43. The molecule has 0 aliphatic carbocycles. The predicted octanol–water partition coefficient (Wildman–Crippen LogP) is 3.01. The minimum atomic E-state index is -0.734. The van der Waals surface area contributed by atoms with Crippen molar-refractivity contribution in [3.8, 4) is 0 Å². The Kier molecular flexibility index (Phi) is 6.27. The van der Waals surface area contributed by atoms with Gasteiger partial charge >= 0.3 is 0 Å². The molecular weight excluding hydrogens is 416 g/mol. The van der Waals surface area contributed by atoms with Crippen LogP contribution in [0.15, 0.2) is 29.3 Å². The molecule has 1 aromatic heterocycles. The highest BCUT2D eigenvalue weighted by molar-refractivity contribution is 6.41. The molecule has 1 atom stereocenters. The van der Waals surface area contributed by atoms with Crippen molar-refractivity contribution in [2.45, 2.75) is 38.8 Å². The van der Waals surface area contributed by atoms with E-state index in [0.29, 0.717) is 42.0 Å². The van der Waals surface area contributed by atoms with Crippen molar-refractivity contribution in [3.63, 3.8) is 0 Å². The van der Waals surface area contributed by atoms with Gasteiger partial charge in [0.25, 0.3) is 5.91 Å². The second-order valence-corrected chi connectivity index (χ2v) is 8.03. The molecule has 1 aromatic carbocycles. The molecule has 7 nitrogen and oxygen atoms in total. The smallest absolute Gasteiger partial charge is 0.269 e. The first-order chi connectivity index (χ1) is 15.4. The van der Waals surface area contributed by atoms with Gasteiger partial charge in [-0.15, -0.1) is 0 Å². The minimum absolute atomic E-state index is 0.0142. The van der Waals surface area contributed by atoms with Crippen molar-refractivity contribution in [1.29, 1.82) is 0 Å². The summed E-state index contributed by atoms with van der Waals surface area (Å²) in [6.07, 6.45) is 1.34. The number of carbonyl (C=O) groups is 2. The van der Waals surface area contributed by atoms with Gasteiger partial charge in [-0.1, -0.05) is 13.0 Å². The number of hydrogen-bond acceptors (Lipinski definition) is 6. The number of aliphatic imine (C=N–C) groups is 1. The number of aromatic nitrogens is 1. The average molecular weight is 441 g/mol. The van der Waals surface area contributed by atoms with Crippen LogP contribution in [0.4, 0.5) is 20.2 Å². The van der Waals surface area contributed by atoms with Gasteiger partial charge in [0, 0.05) is 50.3 Å². The second-order valence-electron chi connectivity index (χ2n) is 8.03. The third-order valence-corrected chi connectivity index (χ3v) is 5.88. The Hall–Kier alpha value is -3.20.